The fourth-order valence-corrected chi connectivity index (χ4v) is 3.29. The third-order valence-electron chi connectivity index (χ3n) is 4.55. The lowest BCUT2D eigenvalue weighted by Gasteiger charge is -2.09. The van der Waals surface area contributed by atoms with Crippen molar-refractivity contribution >= 4 is 11.7 Å². The molecule has 1 fully saturated rings. The number of nitrogens with one attached hydrogen (secondary N) is 1. The topological polar surface area (TPSA) is 83.6 Å². The van der Waals surface area contributed by atoms with E-state index < -0.39 is 0 Å². The lowest BCUT2D eigenvalue weighted by atomic mass is 10.00. The number of anilines is 1. The SMILES string of the molecule is N#CCCC1CC[C@H](C(=O)Nc2cn(Cc3cccnc3)cn2)C1. The average molecular weight is 323 g/mol. The van der Waals surface area contributed by atoms with Gasteiger partial charge in [-0.2, -0.15) is 5.26 Å². The summed E-state index contributed by atoms with van der Waals surface area (Å²) >= 11 is 0. The van der Waals surface area contributed by atoms with Crippen LogP contribution in [0.1, 0.15) is 37.7 Å². The molecule has 0 bridgehead atoms. The van der Waals surface area contributed by atoms with Gasteiger partial charge in [-0.1, -0.05) is 6.07 Å². The van der Waals surface area contributed by atoms with Gasteiger partial charge in [-0.25, -0.2) is 4.98 Å². The van der Waals surface area contributed by atoms with Gasteiger partial charge in [0.25, 0.3) is 0 Å². The third-order valence-corrected chi connectivity index (χ3v) is 4.55. The smallest absolute Gasteiger partial charge is 0.228 e. The van der Waals surface area contributed by atoms with Crippen LogP contribution >= 0.6 is 0 Å². The highest BCUT2D eigenvalue weighted by molar-refractivity contribution is 5.91. The number of carbonyl (C=O) groups is 1. The van der Waals surface area contributed by atoms with Crippen molar-refractivity contribution in [3.63, 3.8) is 0 Å². The molecule has 1 aliphatic carbocycles. The van der Waals surface area contributed by atoms with Crippen molar-refractivity contribution in [2.45, 2.75) is 38.6 Å². The van der Waals surface area contributed by atoms with Gasteiger partial charge in [-0.05, 0) is 43.2 Å². The standard InChI is InChI=1S/C18H21N5O/c19-7-1-3-14-5-6-16(9-14)18(24)22-17-12-23(13-21-17)11-15-4-2-8-20-10-15/h2,4,8,10,12-14,16H,1,3,5-6,9,11H2,(H,22,24)/t14?,16-/m0/s1. The van der Waals surface area contributed by atoms with E-state index in [9.17, 15) is 4.79 Å². The van der Waals surface area contributed by atoms with Gasteiger partial charge in [-0.3, -0.25) is 9.78 Å². The van der Waals surface area contributed by atoms with Crippen LogP contribution < -0.4 is 5.32 Å². The molecule has 3 rings (SSSR count). The zero-order chi connectivity index (χ0) is 16.8. The van der Waals surface area contributed by atoms with Gasteiger partial charge in [0, 0.05) is 30.9 Å². The van der Waals surface area contributed by atoms with E-state index in [2.05, 4.69) is 21.4 Å². The van der Waals surface area contributed by atoms with Gasteiger partial charge in [0.05, 0.1) is 18.9 Å². The van der Waals surface area contributed by atoms with Gasteiger partial charge in [0.1, 0.15) is 0 Å². The highest BCUT2D eigenvalue weighted by Crippen LogP contribution is 2.34. The number of nitrogens with zero attached hydrogens (tertiary/aromatic N) is 4. The zero-order valence-electron chi connectivity index (χ0n) is 13.6. The Morgan fingerprint density at radius 1 is 1.46 bits per heavy atom. The summed E-state index contributed by atoms with van der Waals surface area (Å²) in [6.07, 6.45) is 11.4. The molecule has 2 atom stereocenters. The van der Waals surface area contributed by atoms with E-state index in [-0.39, 0.29) is 11.8 Å². The molecule has 1 unspecified atom stereocenters. The summed E-state index contributed by atoms with van der Waals surface area (Å²) in [5.74, 6) is 1.17. The minimum absolute atomic E-state index is 0.0390. The maximum absolute atomic E-state index is 12.4. The molecule has 6 heteroatoms. The molecule has 1 saturated carbocycles. The molecule has 2 aromatic heterocycles. The number of aromatic nitrogens is 3. The van der Waals surface area contributed by atoms with E-state index in [1.54, 1.807) is 12.5 Å². The quantitative estimate of drug-likeness (QED) is 0.885. The van der Waals surface area contributed by atoms with E-state index in [0.717, 1.165) is 31.2 Å². The molecule has 1 N–H and O–H groups in total. The zero-order valence-corrected chi connectivity index (χ0v) is 13.6. The first-order chi connectivity index (χ1) is 11.7. The van der Waals surface area contributed by atoms with Crippen LogP contribution in [-0.4, -0.2) is 20.4 Å². The highest BCUT2D eigenvalue weighted by atomic mass is 16.1. The van der Waals surface area contributed by atoms with Gasteiger partial charge in [-0.15, -0.1) is 0 Å². The summed E-state index contributed by atoms with van der Waals surface area (Å²) in [4.78, 5) is 20.7. The Kier molecular flexibility index (Phi) is 5.22. The molecule has 0 aliphatic heterocycles. The van der Waals surface area contributed by atoms with Crippen molar-refractivity contribution in [1.82, 2.24) is 14.5 Å². The molecule has 24 heavy (non-hydrogen) atoms. The second-order valence-corrected chi connectivity index (χ2v) is 6.35. The molecule has 0 spiro atoms. The molecular weight excluding hydrogens is 302 g/mol. The molecule has 2 aromatic rings. The van der Waals surface area contributed by atoms with Gasteiger partial charge >= 0.3 is 0 Å². The van der Waals surface area contributed by atoms with Crippen LogP contribution in [0.2, 0.25) is 0 Å². The summed E-state index contributed by atoms with van der Waals surface area (Å²) in [6, 6.07) is 6.09. The molecule has 0 saturated heterocycles. The maximum atomic E-state index is 12.4. The Morgan fingerprint density at radius 3 is 3.17 bits per heavy atom. The first-order valence-electron chi connectivity index (χ1n) is 8.33. The fraction of sp³-hybridized carbons (Fsp3) is 0.444. The van der Waals surface area contributed by atoms with Crippen LogP contribution in [0, 0.1) is 23.2 Å². The van der Waals surface area contributed by atoms with Crippen LogP contribution in [0.3, 0.4) is 0 Å². The van der Waals surface area contributed by atoms with E-state index in [1.807, 2.05) is 29.1 Å². The Labute approximate surface area is 141 Å². The molecular formula is C18H21N5O. The maximum Gasteiger partial charge on any atom is 0.228 e. The molecule has 0 aromatic carbocycles. The number of imidazole rings is 1. The van der Waals surface area contributed by atoms with E-state index >= 15 is 0 Å². The lowest BCUT2D eigenvalue weighted by molar-refractivity contribution is -0.119. The van der Waals surface area contributed by atoms with E-state index in [0.29, 0.717) is 24.7 Å². The van der Waals surface area contributed by atoms with Crippen molar-refractivity contribution in [1.29, 1.82) is 5.26 Å². The Hall–Kier alpha value is -2.68. The minimum atomic E-state index is 0.0390. The molecule has 2 heterocycles. The molecule has 6 nitrogen and oxygen atoms in total. The third kappa shape index (κ3) is 4.19. The van der Waals surface area contributed by atoms with Crippen molar-refractivity contribution in [2.24, 2.45) is 11.8 Å². The van der Waals surface area contributed by atoms with E-state index in [1.165, 1.54) is 0 Å². The Morgan fingerprint density at radius 2 is 2.38 bits per heavy atom. The number of carbonyl (C=O) groups excluding carboxylic acids is 1. The monoisotopic (exact) mass is 323 g/mol. The van der Waals surface area contributed by atoms with Gasteiger partial charge in [0.15, 0.2) is 5.82 Å². The van der Waals surface area contributed by atoms with Gasteiger partial charge < -0.3 is 9.88 Å². The van der Waals surface area contributed by atoms with Crippen LogP contribution in [0.15, 0.2) is 37.1 Å². The van der Waals surface area contributed by atoms with Crippen molar-refractivity contribution in [2.75, 3.05) is 5.32 Å². The van der Waals surface area contributed by atoms with Crippen molar-refractivity contribution < 1.29 is 4.79 Å². The number of hydrogen-bond acceptors (Lipinski definition) is 4. The molecule has 124 valence electrons. The van der Waals surface area contributed by atoms with Crippen LogP contribution in [-0.2, 0) is 11.3 Å². The second-order valence-electron chi connectivity index (χ2n) is 6.35. The Bertz CT molecular complexity index is 719. The number of nitriles is 1. The van der Waals surface area contributed by atoms with Crippen LogP contribution in [0.5, 0.6) is 0 Å². The summed E-state index contributed by atoms with van der Waals surface area (Å²) < 4.78 is 1.93. The van der Waals surface area contributed by atoms with Gasteiger partial charge in [0.2, 0.25) is 5.91 Å². The fourth-order valence-electron chi connectivity index (χ4n) is 3.29. The highest BCUT2D eigenvalue weighted by Gasteiger charge is 2.29. The normalized spacial score (nSPS) is 19.8. The number of amides is 1. The summed E-state index contributed by atoms with van der Waals surface area (Å²) in [5.41, 5.74) is 1.09. The minimum Gasteiger partial charge on any atom is -0.331 e. The number of pyridine rings is 1. The first-order valence-corrected chi connectivity index (χ1v) is 8.33. The Balaban J connectivity index is 1.51. The predicted octanol–water partition coefficient (Wildman–Crippen LogP) is 2.98. The van der Waals surface area contributed by atoms with Crippen molar-refractivity contribution in [3.8, 4) is 6.07 Å². The molecule has 0 radical (unpaired) electrons. The average Bonchev–Trinajstić information content (AvgIpc) is 3.23. The summed E-state index contributed by atoms with van der Waals surface area (Å²) in [5, 5.41) is 11.6. The second kappa shape index (κ2) is 7.73. The summed E-state index contributed by atoms with van der Waals surface area (Å²) in [7, 11) is 0. The lowest BCUT2D eigenvalue weighted by Crippen LogP contribution is -2.21. The first kappa shape index (κ1) is 16.2. The summed E-state index contributed by atoms with van der Waals surface area (Å²) in [6.45, 7) is 0.677. The van der Waals surface area contributed by atoms with Crippen molar-refractivity contribution in [3.05, 3.63) is 42.6 Å². The predicted molar refractivity (Wildman–Crippen MR) is 89.9 cm³/mol. The van der Waals surface area contributed by atoms with Crippen LogP contribution in [0.4, 0.5) is 5.82 Å². The molecule has 1 amide bonds. The van der Waals surface area contributed by atoms with E-state index in [4.69, 9.17) is 5.26 Å². The largest absolute Gasteiger partial charge is 0.331 e. The number of rotatable bonds is 6. The molecule has 1 aliphatic rings. The van der Waals surface area contributed by atoms with Crippen LogP contribution in [0.25, 0.3) is 0 Å². The number of hydrogen-bond donors (Lipinski definition) is 1.